The second kappa shape index (κ2) is 7.04. The number of H-pyrrole nitrogens is 1. The molecular weight excluding hydrogens is 436 g/mol. The molecule has 2 aromatic carbocycles. The van der Waals surface area contributed by atoms with Crippen molar-refractivity contribution in [2.75, 3.05) is 0 Å². The predicted molar refractivity (Wildman–Crippen MR) is 99.3 cm³/mol. The van der Waals surface area contributed by atoms with E-state index in [-0.39, 0.29) is 23.6 Å². The highest BCUT2D eigenvalue weighted by Gasteiger charge is 2.18. The minimum absolute atomic E-state index is 0.0197. The van der Waals surface area contributed by atoms with Crippen molar-refractivity contribution in [3.63, 3.8) is 0 Å². The Kier molecular flexibility index (Phi) is 4.55. The van der Waals surface area contributed by atoms with Crippen LogP contribution < -0.4 is 4.68 Å². The van der Waals surface area contributed by atoms with Gasteiger partial charge in [-0.1, -0.05) is 16.8 Å². The molecular formula is C18H11BrF2N5O2+. The maximum Gasteiger partial charge on any atom is 0.284 e. The molecule has 0 aliphatic heterocycles. The zero-order chi connectivity index (χ0) is 19.8. The van der Waals surface area contributed by atoms with Crippen LogP contribution in [0.4, 0.5) is 14.5 Å². The van der Waals surface area contributed by atoms with Crippen LogP contribution in [0.3, 0.4) is 0 Å². The number of nitro benzene ring substituents is 1. The topological polar surface area (TPSA) is 88.6 Å². The number of rotatable bonds is 4. The van der Waals surface area contributed by atoms with E-state index < -0.39 is 16.6 Å². The van der Waals surface area contributed by atoms with Crippen molar-refractivity contribution in [2.45, 2.75) is 6.54 Å². The molecule has 10 heteroatoms. The number of benzene rings is 2. The molecule has 2 heterocycles. The third-order valence-corrected chi connectivity index (χ3v) is 4.80. The Hall–Kier alpha value is -3.27. The van der Waals surface area contributed by atoms with Crippen molar-refractivity contribution in [3.8, 4) is 11.4 Å². The molecule has 0 atom stereocenters. The van der Waals surface area contributed by atoms with E-state index in [0.717, 1.165) is 6.07 Å². The van der Waals surface area contributed by atoms with Gasteiger partial charge in [0.1, 0.15) is 23.1 Å². The van der Waals surface area contributed by atoms with E-state index in [4.69, 9.17) is 0 Å². The van der Waals surface area contributed by atoms with Gasteiger partial charge in [-0.25, -0.2) is 13.8 Å². The number of fused-ring (bicyclic) bond motifs is 1. The molecule has 0 radical (unpaired) electrons. The third kappa shape index (κ3) is 3.33. The highest BCUT2D eigenvalue weighted by atomic mass is 79.9. The summed E-state index contributed by atoms with van der Waals surface area (Å²) >= 11 is 3.15. The highest BCUT2D eigenvalue weighted by molar-refractivity contribution is 9.10. The van der Waals surface area contributed by atoms with Gasteiger partial charge in [-0.15, -0.1) is 0 Å². The van der Waals surface area contributed by atoms with Gasteiger partial charge in [0.15, 0.2) is 18.2 Å². The minimum atomic E-state index is -0.982. The Balaban J connectivity index is 1.68. The van der Waals surface area contributed by atoms with Crippen LogP contribution in [-0.4, -0.2) is 20.0 Å². The highest BCUT2D eigenvalue weighted by Crippen LogP contribution is 2.26. The van der Waals surface area contributed by atoms with E-state index >= 15 is 0 Å². The van der Waals surface area contributed by atoms with Crippen molar-refractivity contribution in [2.24, 2.45) is 0 Å². The number of hydrogen-bond acceptors (Lipinski definition) is 4. The number of halogens is 3. The van der Waals surface area contributed by atoms with E-state index in [1.807, 2.05) is 0 Å². The van der Waals surface area contributed by atoms with Crippen LogP contribution in [0.15, 0.2) is 53.3 Å². The first-order chi connectivity index (χ1) is 13.4. The van der Waals surface area contributed by atoms with E-state index in [2.05, 4.69) is 31.0 Å². The molecule has 140 valence electrons. The first-order valence-corrected chi connectivity index (χ1v) is 8.84. The lowest BCUT2D eigenvalue weighted by molar-refractivity contribution is -0.745. The molecule has 4 aromatic rings. The van der Waals surface area contributed by atoms with Crippen molar-refractivity contribution in [3.05, 3.63) is 80.6 Å². The van der Waals surface area contributed by atoms with Gasteiger partial charge in [0.2, 0.25) is 6.20 Å². The van der Waals surface area contributed by atoms with Gasteiger partial charge in [0.05, 0.1) is 15.0 Å². The zero-order valence-corrected chi connectivity index (χ0v) is 15.7. The quantitative estimate of drug-likeness (QED) is 0.292. The Bertz CT molecular complexity index is 1230. The standard InChI is InChI=1S/C18H10BrF2N5O2/c19-12-5-4-10(6-16(12)26(27)28)8-25-9-15-14(7-22-25)23-18(24-15)11-2-1-3-13(20)17(11)21/h1-7,9H,8H2/p+1. The number of nitro groups is 1. The molecule has 0 amide bonds. The number of aromatic nitrogens is 4. The van der Waals surface area contributed by atoms with Gasteiger partial charge in [0, 0.05) is 11.6 Å². The van der Waals surface area contributed by atoms with Crippen LogP contribution >= 0.6 is 15.9 Å². The van der Waals surface area contributed by atoms with Crippen LogP contribution in [-0.2, 0) is 6.54 Å². The zero-order valence-electron chi connectivity index (χ0n) is 14.1. The number of imidazole rings is 1. The molecule has 0 saturated carbocycles. The number of nitrogens with one attached hydrogen (secondary N) is 1. The fourth-order valence-corrected chi connectivity index (χ4v) is 3.18. The van der Waals surface area contributed by atoms with Crippen LogP contribution in [0.5, 0.6) is 0 Å². The van der Waals surface area contributed by atoms with Crippen LogP contribution in [0.2, 0.25) is 0 Å². The smallest absolute Gasteiger partial charge is 0.284 e. The molecule has 0 saturated heterocycles. The summed E-state index contributed by atoms with van der Waals surface area (Å²) in [7, 11) is 0. The summed E-state index contributed by atoms with van der Waals surface area (Å²) in [6, 6.07) is 8.68. The summed E-state index contributed by atoms with van der Waals surface area (Å²) in [5, 5.41) is 15.3. The largest absolute Gasteiger partial charge is 0.333 e. The summed E-state index contributed by atoms with van der Waals surface area (Å²) in [5.41, 5.74) is 1.72. The fraction of sp³-hybridized carbons (Fsp3) is 0.0556. The average Bonchev–Trinajstić information content (AvgIpc) is 3.08. The fourth-order valence-electron chi connectivity index (χ4n) is 2.79. The van der Waals surface area contributed by atoms with Crippen molar-refractivity contribution < 1.29 is 18.4 Å². The average molecular weight is 447 g/mol. The van der Waals surface area contributed by atoms with Gasteiger partial charge in [0.25, 0.3) is 5.69 Å². The summed E-state index contributed by atoms with van der Waals surface area (Å²) in [6.45, 7) is 0.284. The Morgan fingerprint density at radius 1 is 1.25 bits per heavy atom. The van der Waals surface area contributed by atoms with Gasteiger partial charge in [-0.3, -0.25) is 10.1 Å². The molecule has 0 aliphatic carbocycles. The molecule has 4 rings (SSSR count). The van der Waals surface area contributed by atoms with Crippen LogP contribution in [0, 0.1) is 21.7 Å². The summed E-state index contributed by atoms with van der Waals surface area (Å²) < 4.78 is 29.4. The van der Waals surface area contributed by atoms with Crippen molar-refractivity contribution in [1.29, 1.82) is 0 Å². The lowest BCUT2D eigenvalue weighted by Gasteiger charge is -1.99. The minimum Gasteiger partial charge on any atom is -0.333 e. The molecule has 28 heavy (non-hydrogen) atoms. The Morgan fingerprint density at radius 2 is 2.07 bits per heavy atom. The molecule has 0 unspecified atom stereocenters. The van der Waals surface area contributed by atoms with Crippen LogP contribution in [0.25, 0.3) is 22.4 Å². The Morgan fingerprint density at radius 3 is 2.86 bits per heavy atom. The predicted octanol–water partition coefficient (Wildman–Crippen LogP) is 3.91. The van der Waals surface area contributed by atoms with E-state index in [1.165, 1.54) is 24.4 Å². The first kappa shape index (κ1) is 18.1. The van der Waals surface area contributed by atoms with E-state index in [0.29, 0.717) is 21.1 Å². The molecule has 0 bridgehead atoms. The summed E-state index contributed by atoms with van der Waals surface area (Å²) in [6.07, 6.45) is 3.14. The molecule has 2 aromatic heterocycles. The maximum absolute atomic E-state index is 14.0. The lowest BCUT2D eigenvalue weighted by Crippen LogP contribution is -2.37. The van der Waals surface area contributed by atoms with Crippen molar-refractivity contribution in [1.82, 2.24) is 15.1 Å². The molecule has 0 aliphatic rings. The number of hydrogen-bond donors (Lipinski definition) is 1. The lowest BCUT2D eigenvalue weighted by atomic mass is 10.2. The molecule has 7 nitrogen and oxygen atoms in total. The van der Waals surface area contributed by atoms with E-state index in [9.17, 15) is 18.9 Å². The monoisotopic (exact) mass is 446 g/mol. The Labute approximate surface area is 164 Å². The summed E-state index contributed by atoms with van der Waals surface area (Å²) in [4.78, 5) is 17.8. The molecule has 0 spiro atoms. The van der Waals surface area contributed by atoms with Gasteiger partial charge in [-0.05, 0) is 39.2 Å². The van der Waals surface area contributed by atoms with Gasteiger partial charge >= 0.3 is 0 Å². The number of nitrogens with zero attached hydrogens (tertiary/aromatic N) is 4. The van der Waals surface area contributed by atoms with E-state index in [1.54, 1.807) is 23.0 Å². The van der Waals surface area contributed by atoms with Crippen LogP contribution in [0.1, 0.15) is 5.56 Å². The first-order valence-electron chi connectivity index (χ1n) is 8.05. The SMILES string of the molecule is O=[N+]([O-])c1cc(C[n+]2cc3[nH]c(-c4cccc(F)c4F)nc3cn2)ccc1Br. The summed E-state index contributed by atoms with van der Waals surface area (Å²) in [5.74, 6) is -1.75. The van der Waals surface area contributed by atoms with Crippen molar-refractivity contribution >= 4 is 32.7 Å². The number of aromatic amines is 1. The third-order valence-electron chi connectivity index (χ3n) is 4.13. The molecule has 0 fully saturated rings. The second-order valence-corrected chi connectivity index (χ2v) is 6.85. The normalized spacial score (nSPS) is 11.1. The second-order valence-electron chi connectivity index (χ2n) is 6.00. The van der Waals surface area contributed by atoms with Gasteiger partial charge in [-0.2, -0.15) is 0 Å². The maximum atomic E-state index is 14.0. The molecule has 1 N–H and O–H groups in total. The van der Waals surface area contributed by atoms with Gasteiger partial charge < -0.3 is 4.98 Å².